The van der Waals surface area contributed by atoms with Gasteiger partial charge in [0.2, 0.25) is 11.8 Å². The van der Waals surface area contributed by atoms with Gasteiger partial charge in [0.15, 0.2) is 0 Å². The molecule has 1 unspecified atom stereocenters. The van der Waals surface area contributed by atoms with Crippen molar-refractivity contribution in [2.75, 3.05) is 0 Å². The Kier molecular flexibility index (Phi) is 4.90. The largest absolute Gasteiger partial charge is 0.481 e. The molecule has 0 aliphatic carbocycles. The molecule has 6 N–H and O–H groups in total. The van der Waals surface area contributed by atoms with Crippen molar-refractivity contribution in [3.05, 3.63) is 0 Å². The predicted molar refractivity (Wildman–Crippen MR) is 56.3 cm³/mol. The van der Waals surface area contributed by atoms with Gasteiger partial charge in [0.05, 0.1) is 12.5 Å². The van der Waals surface area contributed by atoms with Gasteiger partial charge in [0.1, 0.15) is 0 Å². The number of primary amides is 1. The van der Waals surface area contributed by atoms with Crippen LogP contribution in [0.3, 0.4) is 0 Å². The van der Waals surface area contributed by atoms with Crippen molar-refractivity contribution in [1.29, 1.82) is 0 Å². The topological polar surface area (TPSA) is 136 Å². The number of rotatable bonds is 6. The van der Waals surface area contributed by atoms with Gasteiger partial charge in [-0.15, -0.1) is 0 Å². The Bertz CT molecular complexity index is 301. The quantitative estimate of drug-likeness (QED) is 0.444. The van der Waals surface area contributed by atoms with Crippen LogP contribution in [-0.2, 0) is 14.4 Å². The Morgan fingerprint density at radius 2 is 1.88 bits per heavy atom. The molecule has 7 heteroatoms. The summed E-state index contributed by atoms with van der Waals surface area (Å²) in [6.45, 7) is 3.20. The summed E-state index contributed by atoms with van der Waals surface area (Å²) >= 11 is 0. The Morgan fingerprint density at radius 1 is 1.38 bits per heavy atom. The smallest absolute Gasteiger partial charge is 0.305 e. The fourth-order valence-corrected chi connectivity index (χ4v) is 1.19. The van der Waals surface area contributed by atoms with Crippen molar-refractivity contribution in [3.8, 4) is 0 Å². The van der Waals surface area contributed by atoms with Gasteiger partial charge in [0, 0.05) is 12.0 Å². The molecule has 0 spiro atoms. The number of amides is 2. The standard InChI is InChI=1S/C9H17N3O4/c1-9(2,4-6(11)13)12-8(16)5(10)3-7(14)15/h5H,3-4,10H2,1-2H3,(H2,11,13)(H,12,16)(H,14,15). The molecule has 0 aromatic rings. The Hall–Kier alpha value is -1.63. The van der Waals surface area contributed by atoms with E-state index in [1.54, 1.807) is 13.8 Å². The molecule has 16 heavy (non-hydrogen) atoms. The summed E-state index contributed by atoms with van der Waals surface area (Å²) < 4.78 is 0. The predicted octanol–water partition coefficient (Wildman–Crippen LogP) is -1.44. The molecule has 0 aliphatic rings. The highest BCUT2D eigenvalue weighted by Gasteiger charge is 2.26. The van der Waals surface area contributed by atoms with E-state index in [0.717, 1.165) is 0 Å². The molecular formula is C9H17N3O4. The first kappa shape index (κ1) is 14.4. The molecular weight excluding hydrogens is 214 g/mol. The van der Waals surface area contributed by atoms with E-state index in [9.17, 15) is 14.4 Å². The normalized spacial score (nSPS) is 12.9. The van der Waals surface area contributed by atoms with E-state index < -0.39 is 35.8 Å². The summed E-state index contributed by atoms with van der Waals surface area (Å²) in [4.78, 5) is 32.4. The van der Waals surface area contributed by atoms with Gasteiger partial charge in [-0.1, -0.05) is 0 Å². The minimum Gasteiger partial charge on any atom is -0.481 e. The zero-order chi connectivity index (χ0) is 12.9. The number of aliphatic carboxylic acids is 1. The maximum Gasteiger partial charge on any atom is 0.305 e. The van der Waals surface area contributed by atoms with Crippen molar-refractivity contribution in [1.82, 2.24) is 5.32 Å². The number of carboxylic acids is 1. The highest BCUT2D eigenvalue weighted by Crippen LogP contribution is 2.07. The van der Waals surface area contributed by atoms with Crippen LogP contribution in [0.15, 0.2) is 0 Å². The lowest BCUT2D eigenvalue weighted by molar-refractivity contribution is -0.139. The van der Waals surface area contributed by atoms with Crippen LogP contribution in [0.1, 0.15) is 26.7 Å². The monoisotopic (exact) mass is 231 g/mol. The Morgan fingerprint density at radius 3 is 2.25 bits per heavy atom. The lowest BCUT2D eigenvalue weighted by Crippen LogP contribution is -2.52. The molecule has 92 valence electrons. The fourth-order valence-electron chi connectivity index (χ4n) is 1.19. The summed E-state index contributed by atoms with van der Waals surface area (Å²) in [6.07, 6.45) is -0.503. The zero-order valence-electron chi connectivity index (χ0n) is 9.32. The van der Waals surface area contributed by atoms with E-state index in [2.05, 4.69) is 5.32 Å². The van der Waals surface area contributed by atoms with Crippen LogP contribution in [0, 0.1) is 0 Å². The van der Waals surface area contributed by atoms with Crippen molar-refractivity contribution in [2.24, 2.45) is 11.5 Å². The van der Waals surface area contributed by atoms with Crippen LogP contribution in [-0.4, -0.2) is 34.5 Å². The summed E-state index contributed by atoms with van der Waals surface area (Å²) in [5, 5.41) is 10.9. The molecule has 0 aromatic carbocycles. The van der Waals surface area contributed by atoms with Crippen LogP contribution >= 0.6 is 0 Å². The van der Waals surface area contributed by atoms with Crippen molar-refractivity contribution in [3.63, 3.8) is 0 Å². The first-order chi connectivity index (χ1) is 7.14. The average Bonchev–Trinajstić information content (AvgIpc) is 1.98. The number of nitrogens with two attached hydrogens (primary N) is 2. The van der Waals surface area contributed by atoms with E-state index in [1.165, 1.54) is 0 Å². The number of hydrogen-bond donors (Lipinski definition) is 4. The highest BCUT2D eigenvalue weighted by atomic mass is 16.4. The molecule has 0 heterocycles. The molecule has 0 saturated carbocycles. The lowest BCUT2D eigenvalue weighted by Gasteiger charge is -2.26. The molecule has 1 atom stereocenters. The average molecular weight is 231 g/mol. The minimum atomic E-state index is -1.16. The second-order valence-corrected chi connectivity index (χ2v) is 4.22. The van der Waals surface area contributed by atoms with Gasteiger partial charge >= 0.3 is 5.97 Å². The van der Waals surface area contributed by atoms with Crippen LogP contribution in [0.4, 0.5) is 0 Å². The lowest BCUT2D eigenvalue weighted by atomic mass is 9.99. The number of hydrogen-bond acceptors (Lipinski definition) is 4. The van der Waals surface area contributed by atoms with Crippen LogP contribution in [0.25, 0.3) is 0 Å². The molecule has 0 bridgehead atoms. The van der Waals surface area contributed by atoms with E-state index in [1.807, 2.05) is 0 Å². The second-order valence-electron chi connectivity index (χ2n) is 4.22. The Labute approximate surface area is 93.2 Å². The first-order valence-corrected chi connectivity index (χ1v) is 4.72. The number of carboxylic acid groups (broad SMARTS) is 1. The molecule has 0 rings (SSSR count). The summed E-state index contributed by atoms with van der Waals surface area (Å²) in [6, 6.07) is -1.13. The second kappa shape index (κ2) is 5.45. The van der Waals surface area contributed by atoms with Crippen LogP contribution in [0.2, 0.25) is 0 Å². The maximum atomic E-state index is 11.4. The van der Waals surface area contributed by atoms with E-state index in [0.29, 0.717) is 0 Å². The van der Waals surface area contributed by atoms with Gasteiger partial charge in [-0.3, -0.25) is 14.4 Å². The highest BCUT2D eigenvalue weighted by molar-refractivity contribution is 5.87. The van der Waals surface area contributed by atoms with Gasteiger partial charge in [-0.2, -0.15) is 0 Å². The molecule has 0 saturated heterocycles. The van der Waals surface area contributed by atoms with Gasteiger partial charge in [0.25, 0.3) is 0 Å². The zero-order valence-corrected chi connectivity index (χ0v) is 9.32. The third-order valence-corrected chi connectivity index (χ3v) is 1.81. The number of nitrogens with one attached hydrogen (secondary N) is 1. The minimum absolute atomic E-state index is 0.0431. The van der Waals surface area contributed by atoms with Crippen LogP contribution < -0.4 is 16.8 Å². The Balaban J connectivity index is 4.32. The molecule has 0 radical (unpaired) electrons. The van der Waals surface area contributed by atoms with Gasteiger partial charge in [-0.05, 0) is 13.8 Å². The summed E-state index contributed by atoms with van der Waals surface area (Å²) in [5.74, 6) is -2.33. The number of carbonyl (C=O) groups excluding carboxylic acids is 2. The van der Waals surface area contributed by atoms with Crippen molar-refractivity contribution in [2.45, 2.75) is 38.3 Å². The van der Waals surface area contributed by atoms with E-state index >= 15 is 0 Å². The van der Waals surface area contributed by atoms with Crippen LogP contribution in [0.5, 0.6) is 0 Å². The van der Waals surface area contributed by atoms with E-state index in [4.69, 9.17) is 16.6 Å². The molecule has 0 aliphatic heterocycles. The molecule has 0 fully saturated rings. The molecule has 2 amide bonds. The van der Waals surface area contributed by atoms with Crippen molar-refractivity contribution < 1.29 is 19.5 Å². The summed E-state index contributed by atoms with van der Waals surface area (Å²) in [7, 11) is 0. The van der Waals surface area contributed by atoms with E-state index in [-0.39, 0.29) is 6.42 Å². The fraction of sp³-hybridized carbons (Fsp3) is 0.667. The van der Waals surface area contributed by atoms with Gasteiger partial charge < -0.3 is 21.9 Å². The van der Waals surface area contributed by atoms with Gasteiger partial charge in [-0.25, -0.2) is 0 Å². The number of carbonyl (C=O) groups is 3. The molecule has 7 nitrogen and oxygen atoms in total. The third-order valence-electron chi connectivity index (χ3n) is 1.81. The SMILES string of the molecule is CC(C)(CC(N)=O)NC(=O)C(N)CC(=O)O. The maximum absolute atomic E-state index is 11.4. The summed E-state index contributed by atoms with van der Waals surface area (Å²) in [5.41, 5.74) is 9.51. The van der Waals surface area contributed by atoms with Crippen molar-refractivity contribution >= 4 is 17.8 Å². The third kappa shape index (κ3) is 5.97. The first-order valence-electron chi connectivity index (χ1n) is 4.72. The molecule has 0 aromatic heterocycles.